The van der Waals surface area contributed by atoms with Gasteiger partial charge >= 0.3 is 0 Å². The van der Waals surface area contributed by atoms with E-state index < -0.39 is 0 Å². The standard InChI is InChI=1S/C17H14O2/c1-2-7-14(8-3-1)9-6-10-15-13-18-16-11-4-5-12-17(16)19-15/h1-12H,13H2/b9-6+,15-10+. The molecule has 0 saturated carbocycles. The van der Waals surface area contributed by atoms with E-state index in [9.17, 15) is 0 Å². The lowest BCUT2D eigenvalue weighted by Crippen LogP contribution is -2.13. The van der Waals surface area contributed by atoms with Crippen LogP contribution in [0.1, 0.15) is 5.56 Å². The van der Waals surface area contributed by atoms with Gasteiger partial charge in [0.15, 0.2) is 11.5 Å². The maximum atomic E-state index is 5.75. The highest BCUT2D eigenvalue weighted by atomic mass is 16.6. The van der Waals surface area contributed by atoms with Crippen molar-refractivity contribution in [3.63, 3.8) is 0 Å². The van der Waals surface area contributed by atoms with E-state index in [2.05, 4.69) is 12.1 Å². The Labute approximate surface area is 112 Å². The van der Waals surface area contributed by atoms with Gasteiger partial charge in [-0.1, -0.05) is 54.6 Å². The van der Waals surface area contributed by atoms with E-state index in [-0.39, 0.29) is 0 Å². The third-order valence-electron chi connectivity index (χ3n) is 2.83. The summed E-state index contributed by atoms with van der Waals surface area (Å²) in [4.78, 5) is 0. The molecular formula is C17H14O2. The zero-order valence-electron chi connectivity index (χ0n) is 10.5. The molecule has 0 aliphatic carbocycles. The van der Waals surface area contributed by atoms with Crippen molar-refractivity contribution in [2.75, 3.05) is 6.61 Å². The Morgan fingerprint density at radius 1 is 0.842 bits per heavy atom. The van der Waals surface area contributed by atoms with Crippen molar-refractivity contribution in [3.05, 3.63) is 78.1 Å². The number of para-hydroxylation sites is 2. The summed E-state index contributed by atoms with van der Waals surface area (Å²) >= 11 is 0. The van der Waals surface area contributed by atoms with Crippen LogP contribution in [0.2, 0.25) is 0 Å². The molecule has 0 bridgehead atoms. The number of benzene rings is 2. The fraction of sp³-hybridized carbons (Fsp3) is 0.0588. The summed E-state index contributed by atoms with van der Waals surface area (Å²) in [5, 5.41) is 0. The summed E-state index contributed by atoms with van der Waals surface area (Å²) in [5.74, 6) is 2.38. The van der Waals surface area contributed by atoms with Crippen LogP contribution in [0.3, 0.4) is 0 Å². The molecule has 0 N–H and O–H groups in total. The van der Waals surface area contributed by atoms with Gasteiger partial charge in [0.05, 0.1) is 0 Å². The van der Waals surface area contributed by atoms with Gasteiger partial charge in [0.1, 0.15) is 12.4 Å². The zero-order chi connectivity index (χ0) is 12.9. The second-order valence-corrected chi connectivity index (χ2v) is 4.24. The van der Waals surface area contributed by atoms with Gasteiger partial charge in [-0.3, -0.25) is 0 Å². The molecule has 0 atom stereocenters. The van der Waals surface area contributed by atoms with Gasteiger partial charge in [-0.15, -0.1) is 0 Å². The number of hydrogen-bond acceptors (Lipinski definition) is 2. The molecule has 0 unspecified atom stereocenters. The van der Waals surface area contributed by atoms with Crippen molar-refractivity contribution < 1.29 is 9.47 Å². The van der Waals surface area contributed by atoms with Gasteiger partial charge in [0, 0.05) is 0 Å². The van der Waals surface area contributed by atoms with Crippen molar-refractivity contribution in [1.82, 2.24) is 0 Å². The molecule has 3 rings (SSSR count). The normalized spacial score (nSPS) is 15.9. The predicted octanol–water partition coefficient (Wildman–Crippen LogP) is 4.06. The molecule has 19 heavy (non-hydrogen) atoms. The Balaban J connectivity index is 1.71. The van der Waals surface area contributed by atoms with Gasteiger partial charge in [0.2, 0.25) is 0 Å². The van der Waals surface area contributed by atoms with E-state index in [0.29, 0.717) is 6.61 Å². The van der Waals surface area contributed by atoms with E-state index in [1.807, 2.05) is 60.7 Å². The number of hydrogen-bond donors (Lipinski definition) is 0. The summed E-state index contributed by atoms with van der Waals surface area (Å²) < 4.78 is 11.4. The molecule has 2 aromatic carbocycles. The van der Waals surface area contributed by atoms with Crippen LogP contribution < -0.4 is 9.47 Å². The third-order valence-corrected chi connectivity index (χ3v) is 2.83. The minimum absolute atomic E-state index is 0.468. The molecule has 0 spiro atoms. The van der Waals surface area contributed by atoms with Gasteiger partial charge in [-0.25, -0.2) is 0 Å². The summed E-state index contributed by atoms with van der Waals surface area (Å²) in [6.07, 6.45) is 5.95. The molecule has 0 saturated heterocycles. The highest BCUT2D eigenvalue weighted by molar-refractivity contribution is 5.51. The Hall–Kier alpha value is -2.48. The molecule has 94 valence electrons. The molecule has 2 aromatic rings. The van der Waals surface area contributed by atoms with Crippen LogP contribution in [0.4, 0.5) is 0 Å². The number of allylic oxidation sites excluding steroid dienone is 2. The SMILES string of the molecule is C(=C\c1ccccc1)/C=C1\COc2ccccc2O1. The first-order valence-electron chi connectivity index (χ1n) is 6.24. The van der Waals surface area contributed by atoms with Crippen LogP contribution >= 0.6 is 0 Å². The summed E-state index contributed by atoms with van der Waals surface area (Å²) in [5.41, 5.74) is 1.16. The second kappa shape index (κ2) is 5.44. The predicted molar refractivity (Wildman–Crippen MR) is 76.1 cm³/mol. The van der Waals surface area contributed by atoms with E-state index in [1.54, 1.807) is 0 Å². The lowest BCUT2D eigenvalue weighted by Gasteiger charge is -2.19. The fourth-order valence-electron chi connectivity index (χ4n) is 1.89. The maximum Gasteiger partial charge on any atom is 0.169 e. The highest BCUT2D eigenvalue weighted by Gasteiger charge is 2.13. The van der Waals surface area contributed by atoms with Crippen molar-refractivity contribution in [2.24, 2.45) is 0 Å². The van der Waals surface area contributed by atoms with Crippen LogP contribution in [0, 0.1) is 0 Å². The summed E-state index contributed by atoms with van der Waals surface area (Å²) in [7, 11) is 0. The number of rotatable bonds is 2. The van der Waals surface area contributed by atoms with Crippen LogP contribution in [0.5, 0.6) is 11.5 Å². The van der Waals surface area contributed by atoms with Gasteiger partial charge in [-0.2, -0.15) is 0 Å². The van der Waals surface area contributed by atoms with Crippen molar-refractivity contribution >= 4 is 6.08 Å². The Morgan fingerprint density at radius 2 is 1.58 bits per heavy atom. The summed E-state index contributed by atoms with van der Waals surface area (Å²) in [6, 6.07) is 17.8. The third kappa shape index (κ3) is 2.86. The molecule has 1 heterocycles. The van der Waals surface area contributed by atoms with Gasteiger partial charge < -0.3 is 9.47 Å². The molecule has 0 aromatic heterocycles. The number of fused-ring (bicyclic) bond motifs is 1. The first kappa shape index (κ1) is 11.6. The lowest BCUT2D eigenvalue weighted by molar-refractivity contribution is 0.232. The van der Waals surface area contributed by atoms with Crippen molar-refractivity contribution in [2.45, 2.75) is 0 Å². The summed E-state index contributed by atoms with van der Waals surface area (Å²) in [6.45, 7) is 0.468. The maximum absolute atomic E-state index is 5.75. The average Bonchev–Trinajstić information content (AvgIpc) is 2.48. The molecule has 0 amide bonds. The van der Waals surface area contributed by atoms with E-state index in [1.165, 1.54) is 0 Å². The topological polar surface area (TPSA) is 18.5 Å². The largest absolute Gasteiger partial charge is 0.482 e. The van der Waals surface area contributed by atoms with Crippen LogP contribution in [0.25, 0.3) is 6.08 Å². The molecule has 1 aliphatic rings. The van der Waals surface area contributed by atoms with Crippen LogP contribution in [-0.2, 0) is 0 Å². The molecule has 1 aliphatic heterocycles. The molecule has 2 nitrogen and oxygen atoms in total. The smallest absolute Gasteiger partial charge is 0.169 e. The second-order valence-electron chi connectivity index (χ2n) is 4.24. The number of ether oxygens (including phenoxy) is 2. The van der Waals surface area contributed by atoms with E-state index in [4.69, 9.17) is 9.47 Å². The molecule has 0 radical (unpaired) electrons. The van der Waals surface area contributed by atoms with Crippen LogP contribution in [0.15, 0.2) is 72.5 Å². The van der Waals surface area contributed by atoms with Gasteiger partial charge in [-0.05, 0) is 23.8 Å². The molecule has 0 fully saturated rings. The highest BCUT2D eigenvalue weighted by Crippen LogP contribution is 2.31. The molecule has 2 heteroatoms. The van der Waals surface area contributed by atoms with Crippen molar-refractivity contribution in [1.29, 1.82) is 0 Å². The minimum Gasteiger partial charge on any atom is -0.482 e. The monoisotopic (exact) mass is 250 g/mol. The zero-order valence-corrected chi connectivity index (χ0v) is 10.5. The molecular weight excluding hydrogens is 236 g/mol. The quantitative estimate of drug-likeness (QED) is 0.800. The fourth-order valence-corrected chi connectivity index (χ4v) is 1.89. The Kier molecular flexibility index (Phi) is 3.32. The van der Waals surface area contributed by atoms with E-state index in [0.717, 1.165) is 22.8 Å². The van der Waals surface area contributed by atoms with E-state index >= 15 is 0 Å². The average molecular weight is 250 g/mol. The Bertz CT molecular complexity index is 612. The lowest BCUT2D eigenvalue weighted by atomic mass is 10.2. The van der Waals surface area contributed by atoms with Gasteiger partial charge in [0.25, 0.3) is 0 Å². The van der Waals surface area contributed by atoms with Crippen molar-refractivity contribution in [3.8, 4) is 11.5 Å². The Morgan fingerprint density at radius 3 is 2.42 bits per heavy atom. The first-order valence-corrected chi connectivity index (χ1v) is 6.24. The minimum atomic E-state index is 0.468. The van der Waals surface area contributed by atoms with Crippen LogP contribution in [-0.4, -0.2) is 6.61 Å². The first-order chi connectivity index (χ1) is 9.42.